The molecule has 0 spiro atoms. The molecule has 0 radical (unpaired) electrons. The summed E-state index contributed by atoms with van der Waals surface area (Å²) in [6.45, 7) is 3.00. The van der Waals surface area contributed by atoms with Crippen LogP contribution in [0.2, 0.25) is 0 Å². The summed E-state index contributed by atoms with van der Waals surface area (Å²) in [5.41, 5.74) is 2.83. The van der Waals surface area contributed by atoms with Crippen LogP contribution in [0.5, 0.6) is 0 Å². The Morgan fingerprint density at radius 1 is 1.33 bits per heavy atom. The quantitative estimate of drug-likeness (QED) is 0.844. The molecule has 2 N–H and O–H groups in total. The first-order valence-electron chi connectivity index (χ1n) is 6.64. The Labute approximate surface area is 108 Å². The number of aromatic nitrogens is 2. The highest BCUT2D eigenvalue weighted by atomic mass is 15.0. The van der Waals surface area contributed by atoms with Crippen molar-refractivity contribution in [2.75, 3.05) is 0 Å². The second-order valence-electron chi connectivity index (χ2n) is 5.09. The van der Waals surface area contributed by atoms with Gasteiger partial charge in [0.25, 0.3) is 0 Å². The standard InChI is InChI=1S/C15H19N3/c1-11(15-16-8-9-17-15)18-10-12-2-4-13(5-3-12)14-6-7-14/h2-5,8-9,11,14,18H,6-7,10H2,1H3,(H,16,17). The van der Waals surface area contributed by atoms with Crippen LogP contribution in [0.25, 0.3) is 0 Å². The Bertz CT molecular complexity index is 483. The largest absolute Gasteiger partial charge is 0.347 e. The molecule has 3 heteroatoms. The van der Waals surface area contributed by atoms with Crippen LogP contribution in [0.4, 0.5) is 0 Å². The molecule has 1 saturated carbocycles. The zero-order valence-corrected chi connectivity index (χ0v) is 10.7. The first-order chi connectivity index (χ1) is 8.83. The minimum Gasteiger partial charge on any atom is -0.347 e. The summed E-state index contributed by atoms with van der Waals surface area (Å²) >= 11 is 0. The monoisotopic (exact) mass is 241 g/mol. The summed E-state index contributed by atoms with van der Waals surface area (Å²) in [5, 5.41) is 3.47. The molecule has 0 amide bonds. The van der Waals surface area contributed by atoms with E-state index in [1.54, 1.807) is 6.20 Å². The number of hydrogen-bond acceptors (Lipinski definition) is 2. The van der Waals surface area contributed by atoms with Gasteiger partial charge in [-0.15, -0.1) is 0 Å². The maximum absolute atomic E-state index is 4.26. The molecule has 1 aliphatic rings. The maximum atomic E-state index is 4.26. The average Bonchev–Trinajstić information content (AvgIpc) is 3.11. The molecule has 1 atom stereocenters. The Balaban J connectivity index is 1.56. The maximum Gasteiger partial charge on any atom is 0.122 e. The zero-order chi connectivity index (χ0) is 12.4. The number of hydrogen-bond donors (Lipinski definition) is 2. The lowest BCUT2D eigenvalue weighted by atomic mass is 10.1. The minimum absolute atomic E-state index is 0.253. The molecule has 0 bridgehead atoms. The Morgan fingerprint density at radius 3 is 2.72 bits per heavy atom. The SMILES string of the molecule is CC(NCc1ccc(C2CC2)cc1)c1ncc[nH]1. The fourth-order valence-corrected chi connectivity index (χ4v) is 2.21. The van der Waals surface area contributed by atoms with Crippen LogP contribution in [0.1, 0.15) is 48.7 Å². The van der Waals surface area contributed by atoms with Crippen molar-refractivity contribution in [3.63, 3.8) is 0 Å². The zero-order valence-electron chi connectivity index (χ0n) is 10.7. The second-order valence-corrected chi connectivity index (χ2v) is 5.09. The third-order valence-corrected chi connectivity index (χ3v) is 3.57. The summed E-state index contributed by atoms with van der Waals surface area (Å²) in [4.78, 5) is 7.39. The minimum atomic E-state index is 0.253. The Kier molecular flexibility index (Phi) is 3.15. The average molecular weight is 241 g/mol. The molecular weight excluding hydrogens is 222 g/mol. The molecule has 3 nitrogen and oxygen atoms in total. The molecule has 1 aromatic carbocycles. The van der Waals surface area contributed by atoms with Crippen LogP contribution in [-0.4, -0.2) is 9.97 Å². The van der Waals surface area contributed by atoms with Crippen LogP contribution < -0.4 is 5.32 Å². The lowest BCUT2D eigenvalue weighted by Crippen LogP contribution is -2.19. The third kappa shape index (κ3) is 2.62. The van der Waals surface area contributed by atoms with E-state index in [0.29, 0.717) is 0 Å². The second kappa shape index (κ2) is 4.94. The molecule has 2 aromatic rings. The molecule has 1 heterocycles. The van der Waals surface area contributed by atoms with Crippen molar-refractivity contribution in [3.05, 3.63) is 53.6 Å². The van der Waals surface area contributed by atoms with Crippen LogP contribution in [0.3, 0.4) is 0 Å². The van der Waals surface area contributed by atoms with E-state index in [0.717, 1.165) is 18.3 Å². The van der Waals surface area contributed by atoms with Crippen LogP contribution in [0.15, 0.2) is 36.7 Å². The van der Waals surface area contributed by atoms with Crippen molar-refractivity contribution < 1.29 is 0 Å². The summed E-state index contributed by atoms with van der Waals surface area (Å²) < 4.78 is 0. The van der Waals surface area contributed by atoms with Crippen molar-refractivity contribution >= 4 is 0 Å². The lowest BCUT2D eigenvalue weighted by molar-refractivity contribution is 0.551. The summed E-state index contributed by atoms with van der Waals surface area (Å²) in [6.07, 6.45) is 6.39. The molecule has 18 heavy (non-hydrogen) atoms. The number of rotatable bonds is 5. The van der Waals surface area contributed by atoms with E-state index in [9.17, 15) is 0 Å². The van der Waals surface area contributed by atoms with Crippen molar-refractivity contribution in [1.82, 2.24) is 15.3 Å². The Hall–Kier alpha value is -1.61. The van der Waals surface area contributed by atoms with E-state index in [4.69, 9.17) is 0 Å². The highest BCUT2D eigenvalue weighted by Crippen LogP contribution is 2.39. The van der Waals surface area contributed by atoms with E-state index in [1.165, 1.54) is 24.0 Å². The molecular formula is C15H19N3. The topological polar surface area (TPSA) is 40.7 Å². The van der Waals surface area contributed by atoms with E-state index >= 15 is 0 Å². The molecule has 94 valence electrons. The van der Waals surface area contributed by atoms with E-state index < -0.39 is 0 Å². The smallest absolute Gasteiger partial charge is 0.122 e. The van der Waals surface area contributed by atoms with E-state index in [-0.39, 0.29) is 6.04 Å². The number of nitrogens with zero attached hydrogens (tertiary/aromatic N) is 1. The number of imidazole rings is 1. The van der Waals surface area contributed by atoms with Crippen LogP contribution in [-0.2, 0) is 6.54 Å². The highest BCUT2D eigenvalue weighted by Gasteiger charge is 2.22. The van der Waals surface area contributed by atoms with Gasteiger partial charge in [-0.3, -0.25) is 0 Å². The number of benzene rings is 1. The number of nitrogens with one attached hydrogen (secondary N) is 2. The van der Waals surface area contributed by atoms with Gasteiger partial charge in [0.2, 0.25) is 0 Å². The van der Waals surface area contributed by atoms with Gasteiger partial charge in [0, 0.05) is 18.9 Å². The lowest BCUT2D eigenvalue weighted by Gasteiger charge is -2.11. The van der Waals surface area contributed by atoms with Crippen LogP contribution >= 0.6 is 0 Å². The van der Waals surface area contributed by atoms with Gasteiger partial charge in [-0.1, -0.05) is 24.3 Å². The molecule has 1 aromatic heterocycles. The van der Waals surface area contributed by atoms with Gasteiger partial charge >= 0.3 is 0 Å². The van der Waals surface area contributed by atoms with Gasteiger partial charge in [0.1, 0.15) is 5.82 Å². The van der Waals surface area contributed by atoms with Crippen molar-refractivity contribution in [2.24, 2.45) is 0 Å². The normalized spacial score (nSPS) is 16.7. The van der Waals surface area contributed by atoms with E-state index in [2.05, 4.69) is 46.5 Å². The van der Waals surface area contributed by atoms with Gasteiger partial charge in [0.15, 0.2) is 0 Å². The third-order valence-electron chi connectivity index (χ3n) is 3.57. The number of H-pyrrole nitrogens is 1. The molecule has 0 aliphatic heterocycles. The number of aromatic amines is 1. The first kappa shape index (κ1) is 11.5. The summed E-state index contributed by atoms with van der Waals surface area (Å²) in [6, 6.07) is 9.26. The van der Waals surface area contributed by atoms with Crippen molar-refractivity contribution in [2.45, 2.75) is 38.3 Å². The van der Waals surface area contributed by atoms with Gasteiger partial charge in [-0.25, -0.2) is 4.98 Å². The van der Waals surface area contributed by atoms with Crippen molar-refractivity contribution in [3.8, 4) is 0 Å². The molecule has 3 rings (SSSR count). The van der Waals surface area contributed by atoms with E-state index in [1.807, 2.05) is 6.20 Å². The van der Waals surface area contributed by atoms with Crippen LogP contribution in [0, 0.1) is 0 Å². The predicted octanol–water partition coefficient (Wildman–Crippen LogP) is 3.14. The molecule has 0 saturated heterocycles. The summed E-state index contributed by atoms with van der Waals surface area (Å²) in [5.74, 6) is 1.83. The van der Waals surface area contributed by atoms with Crippen molar-refractivity contribution in [1.29, 1.82) is 0 Å². The molecule has 1 aliphatic carbocycles. The first-order valence-corrected chi connectivity index (χ1v) is 6.64. The molecule has 1 fully saturated rings. The fourth-order valence-electron chi connectivity index (χ4n) is 2.21. The predicted molar refractivity (Wildman–Crippen MR) is 72.3 cm³/mol. The Morgan fingerprint density at radius 2 is 2.11 bits per heavy atom. The highest BCUT2D eigenvalue weighted by molar-refractivity contribution is 5.28. The van der Waals surface area contributed by atoms with Gasteiger partial charge in [-0.2, -0.15) is 0 Å². The summed E-state index contributed by atoms with van der Waals surface area (Å²) in [7, 11) is 0. The van der Waals surface area contributed by atoms with Gasteiger partial charge in [0.05, 0.1) is 6.04 Å². The molecule has 1 unspecified atom stereocenters. The fraction of sp³-hybridized carbons (Fsp3) is 0.400. The van der Waals surface area contributed by atoms with Gasteiger partial charge in [-0.05, 0) is 36.8 Å². The van der Waals surface area contributed by atoms with Gasteiger partial charge < -0.3 is 10.3 Å².